The lowest BCUT2D eigenvalue weighted by molar-refractivity contribution is -0.00567. The van der Waals surface area contributed by atoms with Crippen LogP contribution in [0.1, 0.15) is 40.0 Å². The molecule has 0 bridgehead atoms. The van der Waals surface area contributed by atoms with Crippen LogP contribution in [-0.4, -0.2) is 78.6 Å². The van der Waals surface area contributed by atoms with Gasteiger partial charge in [-0.15, -0.1) is 0 Å². The van der Waals surface area contributed by atoms with E-state index in [0.29, 0.717) is 12.1 Å². The number of likely N-dealkylation sites (N-methyl/N-ethyl adjacent to an activating group) is 1. The molecule has 2 saturated heterocycles. The third kappa shape index (κ3) is 3.35. The monoisotopic (exact) mass is 282 g/mol. The summed E-state index contributed by atoms with van der Waals surface area (Å²) >= 11 is 0. The highest BCUT2D eigenvalue weighted by Crippen LogP contribution is 2.31. The van der Waals surface area contributed by atoms with Gasteiger partial charge in [-0.3, -0.25) is 4.90 Å². The largest absolute Gasteiger partial charge is 0.329 e. The first kappa shape index (κ1) is 16.2. The smallest absolute Gasteiger partial charge is 0.0348 e. The van der Waals surface area contributed by atoms with Gasteiger partial charge in [-0.25, -0.2) is 0 Å². The lowest BCUT2D eigenvalue weighted by Gasteiger charge is -2.50. The van der Waals surface area contributed by atoms with Gasteiger partial charge in [-0.05, 0) is 53.6 Å². The molecule has 2 rings (SSSR count). The van der Waals surface area contributed by atoms with E-state index >= 15 is 0 Å². The molecule has 0 radical (unpaired) electrons. The van der Waals surface area contributed by atoms with Crippen LogP contribution < -0.4 is 5.73 Å². The topological polar surface area (TPSA) is 35.7 Å². The highest BCUT2D eigenvalue weighted by atomic mass is 15.3. The van der Waals surface area contributed by atoms with Crippen LogP contribution in [0.15, 0.2) is 0 Å². The van der Waals surface area contributed by atoms with Gasteiger partial charge in [-0.2, -0.15) is 0 Å². The molecular weight excluding hydrogens is 248 g/mol. The van der Waals surface area contributed by atoms with Gasteiger partial charge in [0.1, 0.15) is 0 Å². The number of hydrogen-bond acceptors (Lipinski definition) is 4. The van der Waals surface area contributed by atoms with Crippen LogP contribution in [0.25, 0.3) is 0 Å². The Kier molecular flexibility index (Phi) is 5.46. The molecule has 2 heterocycles. The molecule has 0 aromatic heterocycles. The first-order valence-electron chi connectivity index (χ1n) is 8.38. The zero-order chi connectivity index (χ0) is 14.8. The Bertz CT molecular complexity index is 307. The fourth-order valence-electron chi connectivity index (χ4n) is 4.17. The first-order valence-corrected chi connectivity index (χ1v) is 8.38. The summed E-state index contributed by atoms with van der Waals surface area (Å²) in [7, 11) is 2.23. The molecule has 118 valence electrons. The van der Waals surface area contributed by atoms with Crippen LogP contribution in [0.2, 0.25) is 0 Å². The van der Waals surface area contributed by atoms with E-state index in [1.807, 2.05) is 0 Å². The lowest BCUT2D eigenvalue weighted by Crippen LogP contribution is -2.63. The molecular formula is C16H34N4. The van der Waals surface area contributed by atoms with Crippen LogP contribution in [0.5, 0.6) is 0 Å². The number of nitrogens with zero attached hydrogens (tertiary/aromatic N) is 3. The van der Waals surface area contributed by atoms with Crippen molar-refractivity contribution in [3.8, 4) is 0 Å². The van der Waals surface area contributed by atoms with E-state index in [4.69, 9.17) is 5.73 Å². The highest BCUT2D eigenvalue weighted by Gasteiger charge is 2.41. The molecule has 2 aliphatic heterocycles. The van der Waals surface area contributed by atoms with Crippen molar-refractivity contribution in [1.29, 1.82) is 0 Å². The molecule has 2 atom stereocenters. The van der Waals surface area contributed by atoms with E-state index in [1.165, 1.54) is 52.0 Å². The van der Waals surface area contributed by atoms with Crippen LogP contribution in [0.3, 0.4) is 0 Å². The highest BCUT2D eigenvalue weighted by molar-refractivity contribution is 4.98. The molecule has 0 amide bonds. The Morgan fingerprint density at radius 1 is 1.15 bits per heavy atom. The van der Waals surface area contributed by atoms with Crippen molar-refractivity contribution in [1.82, 2.24) is 14.7 Å². The Hall–Kier alpha value is -0.160. The van der Waals surface area contributed by atoms with Crippen molar-refractivity contribution in [3.05, 3.63) is 0 Å². The number of piperazine rings is 1. The average Bonchev–Trinajstić information content (AvgIpc) is 2.62. The van der Waals surface area contributed by atoms with Crippen LogP contribution in [0.4, 0.5) is 0 Å². The zero-order valence-corrected chi connectivity index (χ0v) is 13.9. The van der Waals surface area contributed by atoms with Crippen LogP contribution in [0, 0.1) is 0 Å². The van der Waals surface area contributed by atoms with Crippen molar-refractivity contribution in [2.45, 2.75) is 57.7 Å². The molecule has 20 heavy (non-hydrogen) atoms. The molecule has 2 N–H and O–H groups in total. The fourth-order valence-corrected chi connectivity index (χ4v) is 4.17. The zero-order valence-electron chi connectivity index (χ0n) is 13.9. The maximum atomic E-state index is 6.28. The van der Waals surface area contributed by atoms with Gasteiger partial charge in [-0.1, -0.05) is 0 Å². The van der Waals surface area contributed by atoms with Gasteiger partial charge in [0.15, 0.2) is 0 Å². The summed E-state index contributed by atoms with van der Waals surface area (Å²) in [5.74, 6) is 0. The molecule has 4 nitrogen and oxygen atoms in total. The minimum atomic E-state index is 0.240. The fraction of sp³-hybridized carbons (Fsp3) is 1.00. The Labute approximate surface area is 125 Å². The van der Waals surface area contributed by atoms with E-state index in [1.54, 1.807) is 0 Å². The molecule has 0 spiro atoms. The van der Waals surface area contributed by atoms with Crippen molar-refractivity contribution in [3.63, 3.8) is 0 Å². The van der Waals surface area contributed by atoms with Gasteiger partial charge in [0.25, 0.3) is 0 Å². The second kappa shape index (κ2) is 6.73. The normalized spacial score (nSPS) is 35.4. The van der Waals surface area contributed by atoms with Gasteiger partial charge < -0.3 is 15.5 Å². The Morgan fingerprint density at radius 2 is 1.90 bits per heavy atom. The van der Waals surface area contributed by atoms with Gasteiger partial charge in [0.05, 0.1) is 0 Å². The van der Waals surface area contributed by atoms with E-state index in [0.717, 1.165) is 6.54 Å². The maximum absolute atomic E-state index is 6.28. The van der Waals surface area contributed by atoms with Gasteiger partial charge in [0.2, 0.25) is 0 Å². The van der Waals surface area contributed by atoms with Crippen molar-refractivity contribution < 1.29 is 0 Å². The van der Waals surface area contributed by atoms with Crippen LogP contribution >= 0.6 is 0 Å². The Morgan fingerprint density at radius 3 is 2.50 bits per heavy atom. The summed E-state index contributed by atoms with van der Waals surface area (Å²) < 4.78 is 0. The number of nitrogens with two attached hydrogens (primary N) is 1. The first-order chi connectivity index (χ1) is 9.48. The number of likely N-dealkylation sites (tertiary alicyclic amines) is 1. The molecule has 4 heteroatoms. The average molecular weight is 282 g/mol. The minimum absolute atomic E-state index is 0.240. The summed E-state index contributed by atoms with van der Waals surface area (Å²) in [6.07, 6.45) is 3.78. The summed E-state index contributed by atoms with van der Waals surface area (Å²) in [5.41, 5.74) is 6.52. The van der Waals surface area contributed by atoms with Gasteiger partial charge >= 0.3 is 0 Å². The van der Waals surface area contributed by atoms with E-state index in [-0.39, 0.29) is 5.54 Å². The van der Waals surface area contributed by atoms with Crippen LogP contribution in [-0.2, 0) is 0 Å². The second-order valence-electron chi connectivity index (χ2n) is 7.22. The molecule has 0 saturated carbocycles. The summed E-state index contributed by atoms with van der Waals surface area (Å²) in [4.78, 5) is 7.80. The number of rotatable bonds is 3. The van der Waals surface area contributed by atoms with E-state index < -0.39 is 0 Å². The SMILES string of the molecule is CC(C)N1CCCC(CN)(N2CCN(C)CC2C)CC1. The predicted octanol–water partition coefficient (Wildman–Crippen LogP) is 1.21. The van der Waals surface area contributed by atoms with E-state index in [9.17, 15) is 0 Å². The molecule has 2 aliphatic rings. The predicted molar refractivity (Wildman–Crippen MR) is 86.0 cm³/mol. The molecule has 2 unspecified atom stereocenters. The Balaban J connectivity index is 2.09. The van der Waals surface area contributed by atoms with Crippen molar-refractivity contribution >= 4 is 0 Å². The molecule has 0 aliphatic carbocycles. The van der Waals surface area contributed by atoms with Crippen molar-refractivity contribution in [2.24, 2.45) is 5.73 Å². The molecule has 0 aromatic rings. The maximum Gasteiger partial charge on any atom is 0.0348 e. The summed E-state index contributed by atoms with van der Waals surface area (Å²) in [6, 6.07) is 1.29. The number of hydrogen-bond donors (Lipinski definition) is 1. The molecule has 2 fully saturated rings. The third-order valence-electron chi connectivity index (χ3n) is 5.50. The minimum Gasteiger partial charge on any atom is -0.329 e. The van der Waals surface area contributed by atoms with E-state index in [2.05, 4.69) is 42.5 Å². The summed E-state index contributed by atoms with van der Waals surface area (Å²) in [6.45, 7) is 13.8. The third-order valence-corrected chi connectivity index (χ3v) is 5.50. The standard InChI is InChI=1S/C16H34N4/c1-14(2)19-8-5-6-16(13-17,7-9-19)20-11-10-18(4)12-15(20)3/h14-15H,5-13,17H2,1-4H3. The lowest BCUT2D eigenvalue weighted by atomic mass is 9.86. The van der Waals surface area contributed by atoms with Crippen molar-refractivity contribution in [2.75, 3.05) is 46.3 Å². The second-order valence-corrected chi connectivity index (χ2v) is 7.22. The van der Waals surface area contributed by atoms with Gasteiger partial charge in [0, 0.05) is 50.3 Å². The quantitative estimate of drug-likeness (QED) is 0.844. The molecule has 0 aromatic carbocycles. The summed E-state index contributed by atoms with van der Waals surface area (Å²) in [5, 5.41) is 0.